The van der Waals surface area contributed by atoms with E-state index in [2.05, 4.69) is 20.7 Å². The monoisotopic (exact) mass is 840 g/mol. The van der Waals surface area contributed by atoms with Gasteiger partial charge < -0.3 is 46.1 Å². The number of alkyl halides is 3. The Hall–Kier alpha value is -5.89. The molecule has 324 valence electrons. The molecule has 0 aliphatic carbocycles. The van der Waals surface area contributed by atoms with Crippen molar-refractivity contribution in [1.82, 2.24) is 25.4 Å². The number of carbonyl (C=O) groups excluding carboxylic acids is 5. The van der Waals surface area contributed by atoms with Gasteiger partial charge in [0, 0.05) is 55.6 Å². The third-order valence-electron chi connectivity index (χ3n) is 8.47. The van der Waals surface area contributed by atoms with Crippen molar-refractivity contribution in [2.24, 2.45) is 11.1 Å². The Morgan fingerprint density at radius 3 is 2.10 bits per heavy atom. The van der Waals surface area contributed by atoms with Crippen LogP contribution in [-0.2, 0) is 40.0 Å². The van der Waals surface area contributed by atoms with Crippen molar-refractivity contribution in [2.75, 3.05) is 39.9 Å². The summed E-state index contributed by atoms with van der Waals surface area (Å²) in [6.45, 7) is 5.00. The van der Waals surface area contributed by atoms with Gasteiger partial charge in [-0.3, -0.25) is 24.0 Å². The molecule has 4 amide bonds. The summed E-state index contributed by atoms with van der Waals surface area (Å²) in [5.41, 5.74) is 7.55. The fourth-order valence-corrected chi connectivity index (χ4v) is 5.68. The minimum absolute atomic E-state index is 0.0128. The number of benzene rings is 2. The molecule has 2 aromatic carbocycles. The maximum absolute atomic E-state index is 15.0. The number of nitrogens with two attached hydrogens (primary N) is 1. The number of ether oxygens (including phenoxy) is 1. The fraction of sp³-hybridized carbons (Fsp3) is 0.436. The molecular formula is C39H49F5N6O9. The molecule has 0 saturated carbocycles. The highest BCUT2D eigenvalue weighted by molar-refractivity contribution is 5.86. The molecule has 1 aromatic heterocycles. The number of aliphatic hydroxyl groups excluding tert-OH is 1. The zero-order valence-electron chi connectivity index (χ0n) is 32.9. The number of carboxylic acid groups (broad SMARTS) is 1. The van der Waals surface area contributed by atoms with Crippen LogP contribution < -0.4 is 21.7 Å². The van der Waals surface area contributed by atoms with E-state index in [9.17, 15) is 51.0 Å². The van der Waals surface area contributed by atoms with Crippen LogP contribution in [0, 0.1) is 17.0 Å². The molecule has 2 atom stereocenters. The average Bonchev–Trinajstić information content (AvgIpc) is 3.58. The highest BCUT2D eigenvalue weighted by Crippen LogP contribution is 2.41. The molecule has 1 heterocycles. The second-order valence-electron chi connectivity index (χ2n) is 14.1. The van der Waals surface area contributed by atoms with Crippen LogP contribution in [0.25, 0.3) is 11.1 Å². The van der Waals surface area contributed by atoms with Crippen molar-refractivity contribution < 1.29 is 65.7 Å². The Labute approximate surface area is 337 Å². The summed E-state index contributed by atoms with van der Waals surface area (Å²) >= 11 is 0. The lowest BCUT2D eigenvalue weighted by Gasteiger charge is -2.41. The summed E-state index contributed by atoms with van der Waals surface area (Å²) in [4.78, 5) is 71.5. The summed E-state index contributed by atoms with van der Waals surface area (Å²) in [5, 5.41) is 24.7. The number of aliphatic hydroxyl groups is 1. The summed E-state index contributed by atoms with van der Waals surface area (Å²) in [5.74, 6) is -6.67. The van der Waals surface area contributed by atoms with Crippen molar-refractivity contribution in [3.05, 3.63) is 83.7 Å². The van der Waals surface area contributed by atoms with Gasteiger partial charge in [-0.05, 0) is 41.7 Å². The van der Waals surface area contributed by atoms with E-state index in [1.807, 2.05) is 55.7 Å². The van der Waals surface area contributed by atoms with E-state index >= 15 is 0 Å². The molecule has 15 nitrogen and oxygen atoms in total. The molecule has 20 heteroatoms. The molecule has 0 bridgehead atoms. The third-order valence-corrected chi connectivity index (χ3v) is 8.47. The Balaban J connectivity index is 0.00000157. The molecule has 3 rings (SSSR count). The first-order valence-corrected chi connectivity index (χ1v) is 18.1. The van der Waals surface area contributed by atoms with E-state index in [0.29, 0.717) is 17.8 Å². The van der Waals surface area contributed by atoms with E-state index in [0.717, 1.165) is 23.8 Å². The van der Waals surface area contributed by atoms with Crippen molar-refractivity contribution in [2.45, 2.75) is 64.8 Å². The zero-order valence-corrected chi connectivity index (χ0v) is 32.9. The predicted molar refractivity (Wildman–Crippen MR) is 203 cm³/mol. The molecule has 0 spiro atoms. The van der Waals surface area contributed by atoms with E-state index in [1.165, 1.54) is 12.0 Å². The number of nitrogens with zero attached hydrogens (tertiary/aromatic N) is 2. The van der Waals surface area contributed by atoms with Gasteiger partial charge in [0.1, 0.15) is 18.2 Å². The van der Waals surface area contributed by atoms with E-state index < -0.39 is 77.5 Å². The zero-order chi connectivity index (χ0) is 44.5. The smallest absolute Gasteiger partial charge is 0.475 e. The predicted octanol–water partition coefficient (Wildman–Crippen LogP) is 3.04. The molecule has 0 radical (unpaired) electrons. The first kappa shape index (κ1) is 49.3. The number of amides is 4. The third kappa shape index (κ3) is 16.5. The number of nitrogens with one attached hydrogen (secondary N) is 3. The quantitative estimate of drug-likeness (QED) is 0.0625. The first-order chi connectivity index (χ1) is 27.6. The Morgan fingerprint density at radius 2 is 1.53 bits per heavy atom. The van der Waals surface area contributed by atoms with Crippen LogP contribution in [0.5, 0.6) is 0 Å². The van der Waals surface area contributed by atoms with Gasteiger partial charge in [-0.25, -0.2) is 13.6 Å². The van der Waals surface area contributed by atoms with Crippen LogP contribution in [0.3, 0.4) is 0 Å². The summed E-state index contributed by atoms with van der Waals surface area (Å²) in [6.07, 6.45) is -3.60. The number of esters is 1. The van der Waals surface area contributed by atoms with E-state index in [-0.39, 0.29) is 51.0 Å². The number of halogens is 5. The number of rotatable bonds is 18. The van der Waals surface area contributed by atoms with Crippen LogP contribution in [0.15, 0.2) is 60.8 Å². The molecule has 0 fully saturated rings. The number of methoxy groups -OCH3 is 1. The Kier molecular flexibility index (Phi) is 19.1. The lowest BCUT2D eigenvalue weighted by molar-refractivity contribution is -0.192. The minimum atomic E-state index is -5.08. The maximum atomic E-state index is 15.0. The van der Waals surface area contributed by atoms with Gasteiger partial charge >= 0.3 is 18.1 Å². The molecule has 0 saturated heterocycles. The number of aliphatic carboxylic acids is 1. The lowest BCUT2D eigenvalue weighted by atomic mass is 9.82. The topological polar surface area (TPSA) is 222 Å². The van der Waals surface area contributed by atoms with Gasteiger partial charge in [0.05, 0.1) is 32.2 Å². The van der Waals surface area contributed by atoms with Crippen LogP contribution in [0.1, 0.15) is 57.3 Å². The highest BCUT2D eigenvalue weighted by atomic mass is 19.4. The van der Waals surface area contributed by atoms with Gasteiger partial charge in [0.25, 0.3) is 0 Å². The van der Waals surface area contributed by atoms with Crippen molar-refractivity contribution in [3.63, 3.8) is 0 Å². The molecular weight excluding hydrogens is 791 g/mol. The van der Waals surface area contributed by atoms with Crippen LogP contribution in [0.2, 0.25) is 0 Å². The minimum Gasteiger partial charge on any atom is -0.475 e. The van der Waals surface area contributed by atoms with Crippen molar-refractivity contribution in [1.29, 1.82) is 0 Å². The van der Waals surface area contributed by atoms with Gasteiger partial charge in [-0.1, -0.05) is 51.1 Å². The maximum Gasteiger partial charge on any atom is 0.490 e. The van der Waals surface area contributed by atoms with E-state index in [4.69, 9.17) is 15.6 Å². The molecule has 2 unspecified atom stereocenters. The normalized spacial score (nSPS) is 12.3. The molecule has 59 heavy (non-hydrogen) atoms. The standard InChI is InChI=1S/C37H48F2N6O7.C2HF3O2/c1-37(2,3)35(30-18-25(27-19-26(38)10-11-28(27)39)22-44(30)21-24-8-6-5-7-9-24)45(33(49)23-46)17-14-29(40)36(51)42-16-15-41-32(48)20-43-31(47)12-13-34(50)52-4;3-2(4,5)1(6)7/h5-11,18-19,22,29,35,46H,12-17,20-21,23,40H2,1-4H3,(H,41,48)(H,42,51)(H,43,47);(H,6,7). The molecule has 0 aliphatic rings. The number of carboxylic acids is 1. The van der Waals surface area contributed by atoms with Gasteiger partial charge in [0.15, 0.2) is 0 Å². The van der Waals surface area contributed by atoms with Crippen LogP contribution in [-0.4, -0.2) is 107 Å². The lowest BCUT2D eigenvalue weighted by Crippen LogP contribution is -2.48. The molecule has 7 N–H and O–H groups in total. The summed E-state index contributed by atoms with van der Waals surface area (Å²) in [6, 6.07) is 12.6. The number of hydrogen-bond donors (Lipinski definition) is 6. The Bertz CT molecular complexity index is 1900. The van der Waals surface area contributed by atoms with Crippen molar-refractivity contribution >= 4 is 35.6 Å². The summed E-state index contributed by atoms with van der Waals surface area (Å²) < 4.78 is 67.3. The number of hydrogen-bond acceptors (Lipinski definition) is 9. The van der Waals surface area contributed by atoms with Gasteiger partial charge in [0.2, 0.25) is 23.6 Å². The second-order valence-corrected chi connectivity index (χ2v) is 14.1. The summed E-state index contributed by atoms with van der Waals surface area (Å²) in [7, 11) is 1.21. The van der Waals surface area contributed by atoms with Crippen molar-refractivity contribution in [3.8, 4) is 11.1 Å². The van der Waals surface area contributed by atoms with E-state index in [1.54, 1.807) is 12.3 Å². The molecule has 0 aliphatic heterocycles. The second kappa shape index (κ2) is 22.9. The number of carbonyl (C=O) groups is 6. The number of aromatic nitrogens is 1. The SMILES string of the molecule is COC(=O)CCC(=O)NCC(=O)NCCNC(=O)C(N)CCN(C(=O)CO)C(c1cc(-c2cc(F)ccc2F)cn1Cc1ccccc1)C(C)(C)C.O=C(O)C(F)(F)F. The van der Waals surface area contributed by atoms with Crippen LogP contribution >= 0.6 is 0 Å². The largest absolute Gasteiger partial charge is 0.490 e. The molecule has 3 aromatic rings. The van der Waals surface area contributed by atoms with Gasteiger partial charge in [-0.15, -0.1) is 0 Å². The average molecular weight is 841 g/mol. The van der Waals surface area contributed by atoms with Gasteiger partial charge in [-0.2, -0.15) is 13.2 Å². The Morgan fingerprint density at radius 1 is 0.898 bits per heavy atom. The van der Waals surface area contributed by atoms with Crippen LogP contribution in [0.4, 0.5) is 22.0 Å². The fourth-order valence-electron chi connectivity index (χ4n) is 5.68. The first-order valence-electron chi connectivity index (χ1n) is 18.1. The highest BCUT2D eigenvalue weighted by Gasteiger charge is 2.39.